The van der Waals surface area contributed by atoms with Crippen molar-refractivity contribution in [2.75, 3.05) is 5.32 Å². The van der Waals surface area contributed by atoms with Crippen molar-refractivity contribution in [3.63, 3.8) is 0 Å². The smallest absolute Gasteiger partial charge is 0.342 e. The van der Waals surface area contributed by atoms with Gasteiger partial charge in [0.2, 0.25) is 0 Å². The second kappa shape index (κ2) is 7.24. The summed E-state index contributed by atoms with van der Waals surface area (Å²) in [5.41, 5.74) is 2.85. The molecule has 0 saturated carbocycles. The molecule has 5 nitrogen and oxygen atoms in total. The van der Waals surface area contributed by atoms with Gasteiger partial charge in [-0.1, -0.05) is 23.7 Å². The third kappa shape index (κ3) is 4.07. The molecule has 23 heavy (non-hydrogen) atoms. The standard InChI is InChI=1S/C17H17ClN2O3/c1-10-6-4-8-14(11(10)2)20-16(21)12(3)23-17(22)13-7-5-9-19-15(13)18/h4-9,12H,1-3H3,(H,20,21). The van der Waals surface area contributed by atoms with Gasteiger partial charge in [-0.2, -0.15) is 0 Å². The number of benzene rings is 1. The van der Waals surface area contributed by atoms with Crippen LogP contribution in [0.25, 0.3) is 0 Å². The van der Waals surface area contributed by atoms with Crippen molar-refractivity contribution in [2.24, 2.45) is 0 Å². The van der Waals surface area contributed by atoms with E-state index < -0.39 is 18.0 Å². The van der Waals surface area contributed by atoms with E-state index in [1.807, 2.05) is 26.0 Å². The van der Waals surface area contributed by atoms with Crippen LogP contribution in [-0.2, 0) is 9.53 Å². The van der Waals surface area contributed by atoms with Crippen molar-refractivity contribution in [1.29, 1.82) is 0 Å². The lowest BCUT2D eigenvalue weighted by Crippen LogP contribution is -2.30. The van der Waals surface area contributed by atoms with Crippen LogP contribution in [0.2, 0.25) is 5.15 Å². The van der Waals surface area contributed by atoms with Gasteiger partial charge >= 0.3 is 5.97 Å². The molecule has 1 unspecified atom stereocenters. The molecule has 0 saturated heterocycles. The number of ether oxygens (including phenoxy) is 1. The molecule has 120 valence electrons. The average molecular weight is 333 g/mol. The Morgan fingerprint density at radius 2 is 1.96 bits per heavy atom. The summed E-state index contributed by atoms with van der Waals surface area (Å²) in [6.07, 6.45) is 0.508. The summed E-state index contributed by atoms with van der Waals surface area (Å²) in [4.78, 5) is 28.0. The van der Waals surface area contributed by atoms with Crippen molar-refractivity contribution in [2.45, 2.75) is 26.9 Å². The molecule has 1 N–H and O–H groups in total. The van der Waals surface area contributed by atoms with E-state index in [0.29, 0.717) is 5.69 Å². The maximum absolute atomic E-state index is 12.2. The van der Waals surface area contributed by atoms with E-state index in [0.717, 1.165) is 11.1 Å². The molecule has 0 bridgehead atoms. The van der Waals surface area contributed by atoms with Crippen molar-refractivity contribution < 1.29 is 14.3 Å². The van der Waals surface area contributed by atoms with E-state index in [9.17, 15) is 9.59 Å². The number of carbonyl (C=O) groups excluding carboxylic acids is 2. The molecule has 1 aromatic heterocycles. The van der Waals surface area contributed by atoms with E-state index in [4.69, 9.17) is 16.3 Å². The number of hydrogen-bond acceptors (Lipinski definition) is 4. The van der Waals surface area contributed by atoms with Gasteiger partial charge in [-0.3, -0.25) is 4.79 Å². The number of halogens is 1. The number of hydrogen-bond donors (Lipinski definition) is 1. The van der Waals surface area contributed by atoms with Crippen LogP contribution in [0.4, 0.5) is 5.69 Å². The van der Waals surface area contributed by atoms with Crippen LogP contribution >= 0.6 is 11.6 Å². The summed E-state index contributed by atoms with van der Waals surface area (Å²) in [7, 11) is 0. The molecule has 0 radical (unpaired) electrons. The molecule has 0 aliphatic carbocycles. The van der Waals surface area contributed by atoms with Crippen molar-refractivity contribution in [3.05, 3.63) is 58.4 Å². The second-order valence-corrected chi connectivity index (χ2v) is 5.48. The highest BCUT2D eigenvalue weighted by molar-refractivity contribution is 6.32. The Balaban J connectivity index is 2.04. The molecule has 1 aromatic carbocycles. The van der Waals surface area contributed by atoms with Crippen molar-refractivity contribution in [1.82, 2.24) is 4.98 Å². The second-order valence-electron chi connectivity index (χ2n) is 5.13. The fraction of sp³-hybridized carbons (Fsp3) is 0.235. The third-order valence-electron chi connectivity index (χ3n) is 3.49. The number of pyridine rings is 1. The summed E-state index contributed by atoms with van der Waals surface area (Å²) < 4.78 is 5.15. The van der Waals surface area contributed by atoms with Crippen LogP contribution in [0.1, 0.15) is 28.4 Å². The lowest BCUT2D eigenvalue weighted by atomic mass is 10.1. The third-order valence-corrected chi connectivity index (χ3v) is 3.80. The molecular formula is C17H17ClN2O3. The molecule has 0 aliphatic rings. The highest BCUT2D eigenvalue weighted by Crippen LogP contribution is 2.19. The normalized spacial score (nSPS) is 11.7. The minimum absolute atomic E-state index is 0.0413. The predicted molar refractivity (Wildman–Crippen MR) is 88.7 cm³/mol. The molecular weight excluding hydrogens is 316 g/mol. The number of carbonyl (C=O) groups is 2. The number of nitrogens with zero attached hydrogens (tertiary/aromatic N) is 1. The Labute approximate surface area is 139 Å². The van der Waals surface area contributed by atoms with Gasteiger partial charge in [0.15, 0.2) is 6.10 Å². The van der Waals surface area contributed by atoms with E-state index in [2.05, 4.69) is 10.3 Å². The Morgan fingerprint density at radius 3 is 2.65 bits per heavy atom. The zero-order chi connectivity index (χ0) is 17.0. The molecule has 1 atom stereocenters. The van der Waals surface area contributed by atoms with Gasteiger partial charge in [-0.25, -0.2) is 9.78 Å². The molecule has 0 spiro atoms. The summed E-state index contributed by atoms with van der Waals surface area (Å²) in [5.74, 6) is -1.10. The first-order valence-electron chi connectivity index (χ1n) is 7.08. The first kappa shape index (κ1) is 17.0. The minimum atomic E-state index is -0.960. The minimum Gasteiger partial charge on any atom is -0.449 e. The molecule has 2 rings (SSSR count). The summed E-state index contributed by atoms with van der Waals surface area (Å²) in [5, 5.41) is 2.80. The monoisotopic (exact) mass is 332 g/mol. The number of rotatable bonds is 4. The zero-order valence-corrected chi connectivity index (χ0v) is 13.8. The van der Waals surface area contributed by atoms with E-state index in [-0.39, 0.29) is 10.7 Å². The maximum atomic E-state index is 12.2. The largest absolute Gasteiger partial charge is 0.449 e. The predicted octanol–water partition coefficient (Wildman–Crippen LogP) is 3.54. The Hall–Kier alpha value is -2.40. The number of aryl methyl sites for hydroxylation is 1. The number of aromatic nitrogens is 1. The highest BCUT2D eigenvalue weighted by Gasteiger charge is 2.21. The van der Waals surface area contributed by atoms with Gasteiger partial charge in [-0.05, 0) is 50.1 Å². The summed E-state index contributed by atoms with van der Waals surface area (Å²) in [6, 6.07) is 8.67. The van der Waals surface area contributed by atoms with Gasteiger partial charge in [0.1, 0.15) is 5.15 Å². The van der Waals surface area contributed by atoms with Crippen LogP contribution in [0.15, 0.2) is 36.5 Å². The van der Waals surface area contributed by atoms with E-state index in [1.54, 1.807) is 12.1 Å². The summed E-state index contributed by atoms with van der Waals surface area (Å²) in [6.45, 7) is 5.37. The molecule has 1 heterocycles. The maximum Gasteiger partial charge on any atom is 0.342 e. The first-order chi connectivity index (χ1) is 10.9. The quantitative estimate of drug-likeness (QED) is 0.687. The van der Waals surface area contributed by atoms with Gasteiger partial charge in [-0.15, -0.1) is 0 Å². The fourth-order valence-corrected chi connectivity index (χ4v) is 2.13. The molecule has 0 fully saturated rings. The highest BCUT2D eigenvalue weighted by atomic mass is 35.5. The number of anilines is 1. The molecule has 0 aliphatic heterocycles. The van der Waals surface area contributed by atoms with Crippen molar-refractivity contribution in [3.8, 4) is 0 Å². The fourth-order valence-electron chi connectivity index (χ4n) is 1.94. The molecule has 6 heteroatoms. The Kier molecular flexibility index (Phi) is 5.34. The molecule has 1 amide bonds. The van der Waals surface area contributed by atoms with Gasteiger partial charge in [0, 0.05) is 11.9 Å². The topological polar surface area (TPSA) is 68.3 Å². The average Bonchev–Trinajstić information content (AvgIpc) is 2.52. The van der Waals surface area contributed by atoms with Crippen molar-refractivity contribution >= 4 is 29.2 Å². The van der Waals surface area contributed by atoms with Crippen LogP contribution in [0.5, 0.6) is 0 Å². The number of esters is 1. The van der Waals surface area contributed by atoms with Crippen LogP contribution < -0.4 is 5.32 Å². The molecule has 2 aromatic rings. The number of nitrogens with one attached hydrogen (secondary N) is 1. The summed E-state index contributed by atoms with van der Waals surface area (Å²) >= 11 is 5.84. The van der Waals surface area contributed by atoms with E-state index in [1.165, 1.54) is 19.2 Å². The van der Waals surface area contributed by atoms with E-state index >= 15 is 0 Å². The SMILES string of the molecule is Cc1cccc(NC(=O)C(C)OC(=O)c2cccnc2Cl)c1C. The van der Waals surface area contributed by atoms with Crippen LogP contribution in [0, 0.1) is 13.8 Å². The number of amides is 1. The first-order valence-corrected chi connectivity index (χ1v) is 7.46. The lowest BCUT2D eigenvalue weighted by Gasteiger charge is -2.15. The zero-order valence-electron chi connectivity index (χ0n) is 13.1. The Bertz CT molecular complexity index is 746. The van der Waals surface area contributed by atoms with Gasteiger partial charge in [0.25, 0.3) is 5.91 Å². The van der Waals surface area contributed by atoms with Crippen LogP contribution in [-0.4, -0.2) is 23.0 Å². The van der Waals surface area contributed by atoms with Crippen LogP contribution in [0.3, 0.4) is 0 Å². The Morgan fingerprint density at radius 1 is 1.22 bits per heavy atom. The van der Waals surface area contributed by atoms with Gasteiger partial charge < -0.3 is 10.1 Å². The van der Waals surface area contributed by atoms with Gasteiger partial charge in [0.05, 0.1) is 5.56 Å². The lowest BCUT2D eigenvalue weighted by molar-refractivity contribution is -0.123.